The van der Waals surface area contributed by atoms with Crippen LogP contribution in [0.15, 0.2) is 0 Å². The van der Waals surface area contributed by atoms with Gasteiger partial charge < -0.3 is 0 Å². The van der Waals surface area contributed by atoms with Crippen LogP contribution in [0.5, 0.6) is 0 Å². The molecule has 0 aliphatic carbocycles. The normalized spacial score (nSPS) is 12.0. The third-order valence-corrected chi connectivity index (χ3v) is 5.25. The SMILES string of the molecule is CCCC[SiH2]C(CC)CC. The molecule has 0 radical (unpaired) electrons. The molecule has 0 N–H and O–H groups in total. The van der Waals surface area contributed by atoms with E-state index in [0.29, 0.717) is 9.52 Å². The van der Waals surface area contributed by atoms with Gasteiger partial charge in [0.05, 0.1) is 0 Å². The van der Waals surface area contributed by atoms with Crippen LogP contribution < -0.4 is 0 Å². The highest BCUT2D eigenvalue weighted by atomic mass is 28.2. The molecule has 0 aliphatic rings. The van der Waals surface area contributed by atoms with Gasteiger partial charge in [0.2, 0.25) is 0 Å². The van der Waals surface area contributed by atoms with Crippen molar-refractivity contribution in [3.05, 3.63) is 0 Å². The first kappa shape index (κ1) is 10.2. The Bertz CT molecular complexity index is 57.7. The van der Waals surface area contributed by atoms with Crippen molar-refractivity contribution in [1.29, 1.82) is 0 Å². The molecular formula is C9H22Si. The Balaban J connectivity index is 3.09. The first-order valence-electron chi connectivity index (χ1n) is 4.85. The first-order chi connectivity index (χ1) is 4.85. The summed E-state index contributed by atoms with van der Waals surface area (Å²) in [5.74, 6) is 0. The van der Waals surface area contributed by atoms with E-state index in [9.17, 15) is 0 Å². The molecule has 0 amide bonds. The third kappa shape index (κ3) is 5.04. The predicted octanol–water partition coefficient (Wildman–Crippen LogP) is 2.98. The lowest BCUT2D eigenvalue weighted by Gasteiger charge is -2.09. The van der Waals surface area contributed by atoms with Gasteiger partial charge in [-0.2, -0.15) is 0 Å². The maximum Gasteiger partial charge on any atom is 0.0231 e. The molecule has 0 aromatic rings. The molecular weight excluding hydrogens is 136 g/mol. The number of rotatable bonds is 6. The lowest BCUT2D eigenvalue weighted by Crippen LogP contribution is -2.00. The van der Waals surface area contributed by atoms with Crippen LogP contribution in [0.25, 0.3) is 0 Å². The molecule has 1 heteroatoms. The van der Waals surface area contributed by atoms with Crippen LogP contribution in [-0.4, -0.2) is 9.52 Å². The van der Waals surface area contributed by atoms with Gasteiger partial charge in [-0.15, -0.1) is 0 Å². The number of hydrogen-bond donors (Lipinski definition) is 0. The molecule has 0 rings (SSSR count). The van der Waals surface area contributed by atoms with E-state index in [1.54, 1.807) is 6.04 Å². The van der Waals surface area contributed by atoms with E-state index in [2.05, 4.69) is 20.8 Å². The third-order valence-electron chi connectivity index (χ3n) is 2.37. The van der Waals surface area contributed by atoms with Crippen molar-refractivity contribution >= 4 is 9.52 Å². The zero-order valence-electron chi connectivity index (χ0n) is 7.82. The minimum absolute atomic E-state index is 0.314. The Hall–Kier alpha value is 0.217. The number of hydrogen-bond acceptors (Lipinski definition) is 0. The van der Waals surface area contributed by atoms with Gasteiger partial charge in [-0.3, -0.25) is 0 Å². The fourth-order valence-corrected chi connectivity index (χ4v) is 3.56. The zero-order chi connectivity index (χ0) is 7.82. The topological polar surface area (TPSA) is 0 Å². The molecule has 10 heavy (non-hydrogen) atoms. The zero-order valence-corrected chi connectivity index (χ0v) is 9.23. The Morgan fingerprint density at radius 1 is 1.10 bits per heavy atom. The highest BCUT2D eigenvalue weighted by Gasteiger charge is 2.01. The summed E-state index contributed by atoms with van der Waals surface area (Å²) in [7, 11) is 0.314. The van der Waals surface area contributed by atoms with Crippen LogP contribution in [0.3, 0.4) is 0 Å². The molecule has 0 saturated carbocycles. The summed E-state index contributed by atoms with van der Waals surface area (Å²) in [5, 5.41) is 0. The fourth-order valence-electron chi connectivity index (χ4n) is 1.38. The molecule has 0 atom stereocenters. The van der Waals surface area contributed by atoms with Crippen LogP contribution in [0.1, 0.15) is 46.5 Å². The smallest absolute Gasteiger partial charge is 0.0231 e. The summed E-state index contributed by atoms with van der Waals surface area (Å²) in [6, 6.07) is 1.59. The van der Waals surface area contributed by atoms with Crippen LogP contribution in [0, 0.1) is 0 Å². The van der Waals surface area contributed by atoms with Crippen molar-refractivity contribution in [2.75, 3.05) is 0 Å². The van der Waals surface area contributed by atoms with Crippen molar-refractivity contribution in [2.45, 2.75) is 58.0 Å². The molecule has 0 saturated heterocycles. The van der Waals surface area contributed by atoms with Crippen molar-refractivity contribution in [2.24, 2.45) is 0 Å². The number of unbranched alkanes of at least 4 members (excludes halogenated alkanes) is 1. The molecule has 0 aliphatic heterocycles. The van der Waals surface area contributed by atoms with E-state index in [1.807, 2.05) is 0 Å². The Morgan fingerprint density at radius 3 is 2.10 bits per heavy atom. The minimum Gasteiger partial charge on any atom is -0.0654 e. The van der Waals surface area contributed by atoms with Crippen molar-refractivity contribution in [3.8, 4) is 0 Å². The molecule has 0 spiro atoms. The molecule has 0 fully saturated rings. The van der Waals surface area contributed by atoms with Crippen LogP contribution in [-0.2, 0) is 0 Å². The van der Waals surface area contributed by atoms with Gasteiger partial charge in [0.15, 0.2) is 0 Å². The lowest BCUT2D eigenvalue weighted by atomic mass is 10.3. The van der Waals surface area contributed by atoms with Crippen molar-refractivity contribution in [1.82, 2.24) is 0 Å². The standard InChI is InChI=1S/C9H22Si/c1-4-7-8-10-9(5-2)6-3/h9H,4-8,10H2,1-3H3. The van der Waals surface area contributed by atoms with E-state index in [-0.39, 0.29) is 0 Å². The molecule has 62 valence electrons. The van der Waals surface area contributed by atoms with Crippen molar-refractivity contribution < 1.29 is 0 Å². The lowest BCUT2D eigenvalue weighted by molar-refractivity contribution is 0.748. The van der Waals surface area contributed by atoms with E-state index >= 15 is 0 Å². The quantitative estimate of drug-likeness (QED) is 0.412. The summed E-state index contributed by atoms with van der Waals surface area (Å²) >= 11 is 0. The van der Waals surface area contributed by atoms with Gasteiger partial charge in [-0.05, 0) is 0 Å². The minimum atomic E-state index is 0.314. The summed E-state index contributed by atoms with van der Waals surface area (Å²) in [6.07, 6.45) is 5.76. The average molecular weight is 158 g/mol. The van der Waals surface area contributed by atoms with Gasteiger partial charge in [-0.1, -0.05) is 58.0 Å². The van der Waals surface area contributed by atoms with Crippen molar-refractivity contribution in [3.63, 3.8) is 0 Å². The fraction of sp³-hybridized carbons (Fsp3) is 1.00. The summed E-state index contributed by atoms with van der Waals surface area (Å²) in [5.41, 5.74) is 1.14. The monoisotopic (exact) mass is 158 g/mol. The van der Waals surface area contributed by atoms with E-state index in [1.165, 1.54) is 25.7 Å². The highest BCUT2D eigenvalue weighted by Crippen LogP contribution is 2.15. The summed E-state index contributed by atoms with van der Waals surface area (Å²) in [6.45, 7) is 6.97. The molecule has 0 heterocycles. The Morgan fingerprint density at radius 2 is 1.70 bits per heavy atom. The molecule has 0 bridgehead atoms. The average Bonchev–Trinajstić information content (AvgIpc) is 1.99. The van der Waals surface area contributed by atoms with Crippen LogP contribution in [0.2, 0.25) is 11.6 Å². The molecule has 0 aromatic heterocycles. The molecule has 0 aromatic carbocycles. The maximum absolute atomic E-state index is 2.34. The second kappa shape index (κ2) is 7.33. The first-order valence-corrected chi connectivity index (χ1v) is 6.66. The maximum atomic E-state index is 2.34. The second-order valence-electron chi connectivity index (χ2n) is 3.18. The highest BCUT2D eigenvalue weighted by molar-refractivity contribution is 6.37. The Labute approximate surface area is 68.2 Å². The van der Waals surface area contributed by atoms with Gasteiger partial charge in [0, 0.05) is 9.52 Å². The van der Waals surface area contributed by atoms with Gasteiger partial charge in [0.1, 0.15) is 0 Å². The van der Waals surface area contributed by atoms with E-state index in [0.717, 1.165) is 5.54 Å². The van der Waals surface area contributed by atoms with Gasteiger partial charge in [-0.25, -0.2) is 0 Å². The Kier molecular flexibility index (Phi) is 7.48. The second-order valence-corrected chi connectivity index (χ2v) is 5.62. The van der Waals surface area contributed by atoms with Gasteiger partial charge in [0.25, 0.3) is 0 Å². The summed E-state index contributed by atoms with van der Waals surface area (Å²) in [4.78, 5) is 0. The van der Waals surface area contributed by atoms with Crippen LogP contribution >= 0.6 is 0 Å². The molecule has 0 unspecified atom stereocenters. The van der Waals surface area contributed by atoms with E-state index < -0.39 is 0 Å². The predicted molar refractivity (Wildman–Crippen MR) is 52.6 cm³/mol. The van der Waals surface area contributed by atoms with Crippen LogP contribution in [0.4, 0.5) is 0 Å². The largest absolute Gasteiger partial charge is 0.0654 e. The molecule has 0 nitrogen and oxygen atoms in total. The van der Waals surface area contributed by atoms with E-state index in [4.69, 9.17) is 0 Å². The van der Waals surface area contributed by atoms with Gasteiger partial charge >= 0.3 is 0 Å². The summed E-state index contributed by atoms with van der Waals surface area (Å²) < 4.78 is 0.